The van der Waals surface area contributed by atoms with Gasteiger partial charge in [-0.2, -0.15) is 0 Å². The molecule has 138 valence electrons. The van der Waals surface area contributed by atoms with Gasteiger partial charge in [0.05, 0.1) is 24.9 Å². The maximum atomic E-state index is 12.9. The number of nitrogens with one attached hydrogen (secondary N) is 2. The minimum atomic E-state index is -0.320. The van der Waals surface area contributed by atoms with Crippen LogP contribution < -0.4 is 15.4 Å². The summed E-state index contributed by atoms with van der Waals surface area (Å²) in [5.41, 5.74) is 2.23. The van der Waals surface area contributed by atoms with E-state index < -0.39 is 0 Å². The van der Waals surface area contributed by atoms with Crippen LogP contribution in [0.1, 0.15) is 12.5 Å². The summed E-state index contributed by atoms with van der Waals surface area (Å²) in [6.45, 7) is 2.57. The molecule has 0 aliphatic carbocycles. The van der Waals surface area contributed by atoms with E-state index in [0.717, 1.165) is 17.0 Å². The number of benzene rings is 2. The zero-order valence-corrected chi connectivity index (χ0v) is 14.9. The number of anilines is 3. The molecule has 3 rings (SSSR count). The van der Waals surface area contributed by atoms with Crippen molar-refractivity contribution < 1.29 is 13.9 Å². The smallest absolute Gasteiger partial charge is 0.228 e. The summed E-state index contributed by atoms with van der Waals surface area (Å²) < 4.78 is 18.3. The number of ether oxygens (including phenoxy) is 1. The average molecular weight is 365 g/mol. The molecule has 0 bridgehead atoms. The summed E-state index contributed by atoms with van der Waals surface area (Å²) in [5.74, 6) is 0.973. The van der Waals surface area contributed by atoms with Crippen LogP contribution in [0, 0.1) is 5.82 Å². The van der Waals surface area contributed by atoms with E-state index in [2.05, 4.69) is 15.6 Å². The SMILES string of the molecule is CCOc1ccc(Nc2ccc(NC(=O)Cc3ccc(F)cc3)cn2)cc1. The second kappa shape index (κ2) is 8.80. The third-order valence-corrected chi connectivity index (χ3v) is 3.76. The molecule has 1 amide bonds. The highest BCUT2D eigenvalue weighted by Gasteiger charge is 2.05. The van der Waals surface area contributed by atoms with Crippen molar-refractivity contribution >= 4 is 23.1 Å². The first-order chi connectivity index (χ1) is 13.1. The summed E-state index contributed by atoms with van der Waals surface area (Å²) in [4.78, 5) is 16.4. The van der Waals surface area contributed by atoms with Gasteiger partial charge in [-0.1, -0.05) is 12.1 Å². The normalized spacial score (nSPS) is 10.3. The van der Waals surface area contributed by atoms with Gasteiger partial charge in [0.15, 0.2) is 0 Å². The van der Waals surface area contributed by atoms with Gasteiger partial charge in [-0.25, -0.2) is 9.37 Å². The summed E-state index contributed by atoms with van der Waals surface area (Å²) in [5, 5.41) is 5.96. The number of hydrogen-bond acceptors (Lipinski definition) is 4. The van der Waals surface area contributed by atoms with Gasteiger partial charge < -0.3 is 15.4 Å². The highest BCUT2D eigenvalue weighted by atomic mass is 19.1. The summed E-state index contributed by atoms with van der Waals surface area (Å²) in [7, 11) is 0. The zero-order valence-electron chi connectivity index (χ0n) is 14.9. The summed E-state index contributed by atoms with van der Waals surface area (Å²) in [6.07, 6.45) is 1.76. The number of carbonyl (C=O) groups is 1. The van der Waals surface area contributed by atoms with Crippen LogP contribution in [0.4, 0.5) is 21.6 Å². The van der Waals surface area contributed by atoms with Crippen molar-refractivity contribution in [2.24, 2.45) is 0 Å². The van der Waals surface area contributed by atoms with E-state index in [9.17, 15) is 9.18 Å². The molecule has 0 atom stereocenters. The van der Waals surface area contributed by atoms with E-state index in [4.69, 9.17) is 4.74 Å². The molecule has 0 aliphatic rings. The fourth-order valence-corrected chi connectivity index (χ4v) is 2.48. The molecule has 0 saturated carbocycles. The number of aromatic nitrogens is 1. The Bertz CT molecular complexity index is 879. The lowest BCUT2D eigenvalue weighted by molar-refractivity contribution is -0.115. The van der Waals surface area contributed by atoms with Crippen LogP contribution in [-0.4, -0.2) is 17.5 Å². The maximum Gasteiger partial charge on any atom is 0.228 e. The second-order valence-corrected chi connectivity index (χ2v) is 5.87. The quantitative estimate of drug-likeness (QED) is 0.645. The van der Waals surface area contributed by atoms with Gasteiger partial charge in [0.1, 0.15) is 17.4 Å². The van der Waals surface area contributed by atoms with Crippen molar-refractivity contribution in [3.63, 3.8) is 0 Å². The Balaban J connectivity index is 1.54. The van der Waals surface area contributed by atoms with Crippen LogP contribution >= 0.6 is 0 Å². The van der Waals surface area contributed by atoms with E-state index in [1.165, 1.54) is 12.1 Å². The number of nitrogens with zero attached hydrogens (tertiary/aromatic N) is 1. The van der Waals surface area contributed by atoms with Crippen molar-refractivity contribution in [3.8, 4) is 5.75 Å². The number of amides is 1. The van der Waals surface area contributed by atoms with Gasteiger partial charge in [0, 0.05) is 5.69 Å². The van der Waals surface area contributed by atoms with Crippen LogP contribution in [0.3, 0.4) is 0 Å². The van der Waals surface area contributed by atoms with Crippen LogP contribution in [-0.2, 0) is 11.2 Å². The molecular formula is C21H20FN3O2. The van der Waals surface area contributed by atoms with E-state index >= 15 is 0 Å². The topological polar surface area (TPSA) is 63.2 Å². The lowest BCUT2D eigenvalue weighted by Crippen LogP contribution is -2.14. The number of carbonyl (C=O) groups excluding carboxylic acids is 1. The van der Waals surface area contributed by atoms with Crippen LogP contribution in [0.25, 0.3) is 0 Å². The van der Waals surface area contributed by atoms with E-state index in [1.807, 2.05) is 31.2 Å². The molecule has 3 aromatic rings. The molecule has 27 heavy (non-hydrogen) atoms. The molecule has 0 unspecified atom stereocenters. The van der Waals surface area contributed by atoms with Crippen LogP contribution in [0.2, 0.25) is 0 Å². The molecule has 0 spiro atoms. The third-order valence-electron chi connectivity index (χ3n) is 3.76. The highest BCUT2D eigenvalue weighted by Crippen LogP contribution is 2.20. The monoisotopic (exact) mass is 365 g/mol. The molecule has 0 saturated heterocycles. The number of rotatable bonds is 7. The average Bonchev–Trinajstić information content (AvgIpc) is 2.67. The van der Waals surface area contributed by atoms with Crippen LogP contribution in [0.5, 0.6) is 5.75 Å². The Morgan fingerprint density at radius 1 is 1.00 bits per heavy atom. The van der Waals surface area contributed by atoms with Crippen molar-refractivity contribution in [1.29, 1.82) is 0 Å². The maximum absolute atomic E-state index is 12.9. The van der Waals surface area contributed by atoms with Crippen molar-refractivity contribution in [2.45, 2.75) is 13.3 Å². The number of halogens is 1. The third kappa shape index (κ3) is 5.54. The Labute approximate surface area is 157 Å². The Hall–Kier alpha value is -3.41. The van der Waals surface area contributed by atoms with Crippen LogP contribution in [0.15, 0.2) is 66.9 Å². The second-order valence-electron chi connectivity index (χ2n) is 5.87. The van der Waals surface area contributed by atoms with Gasteiger partial charge in [0.25, 0.3) is 0 Å². The fourth-order valence-electron chi connectivity index (χ4n) is 2.48. The molecule has 1 aromatic heterocycles. The van der Waals surface area contributed by atoms with Gasteiger partial charge in [0.2, 0.25) is 5.91 Å². The predicted octanol–water partition coefficient (Wildman–Crippen LogP) is 4.54. The highest BCUT2D eigenvalue weighted by molar-refractivity contribution is 5.92. The summed E-state index contributed by atoms with van der Waals surface area (Å²) >= 11 is 0. The molecule has 0 aliphatic heterocycles. The molecule has 0 fully saturated rings. The lowest BCUT2D eigenvalue weighted by atomic mass is 10.1. The minimum absolute atomic E-state index is 0.173. The zero-order chi connectivity index (χ0) is 19.1. The molecule has 2 N–H and O–H groups in total. The minimum Gasteiger partial charge on any atom is -0.494 e. The largest absolute Gasteiger partial charge is 0.494 e. The summed E-state index contributed by atoms with van der Waals surface area (Å²) in [6, 6.07) is 17.0. The molecule has 6 heteroatoms. The number of pyridine rings is 1. The van der Waals surface area contributed by atoms with Crippen molar-refractivity contribution in [1.82, 2.24) is 4.98 Å². The standard InChI is InChI=1S/C21H20FN3O2/c1-2-27-19-10-7-17(8-11-19)24-20-12-9-18(14-23-20)25-21(26)13-15-3-5-16(22)6-4-15/h3-12,14H,2,13H2,1H3,(H,23,24)(H,25,26). The van der Waals surface area contributed by atoms with Gasteiger partial charge in [-0.05, 0) is 61.0 Å². The molecule has 0 radical (unpaired) electrons. The molecular weight excluding hydrogens is 345 g/mol. The Morgan fingerprint density at radius 3 is 2.33 bits per heavy atom. The first-order valence-corrected chi connectivity index (χ1v) is 8.62. The van der Waals surface area contributed by atoms with Gasteiger partial charge in [-0.3, -0.25) is 4.79 Å². The van der Waals surface area contributed by atoms with E-state index in [0.29, 0.717) is 18.1 Å². The first kappa shape index (κ1) is 18.4. The predicted molar refractivity (Wildman–Crippen MR) is 104 cm³/mol. The van der Waals surface area contributed by atoms with Gasteiger partial charge in [-0.15, -0.1) is 0 Å². The van der Waals surface area contributed by atoms with Crippen molar-refractivity contribution in [2.75, 3.05) is 17.2 Å². The molecule has 5 nitrogen and oxygen atoms in total. The molecule has 1 heterocycles. The van der Waals surface area contributed by atoms with E-state index in [1.54, 1.807) is 30.5 Å². The van der Waals surface area contributed by atoms with Crippen molar-refractivity contribution in [3.05, 3.63) is 78.2 Å². The molecule has 2 aromatic carbocycles. The fraction of sp³-hybridized carbons (Fsp3) is 0.143. The van der Waals surface area contributed by atoms with E-state index in [-0.39, 0.29) is 18.1 Å². The lowest BCUT2D eigenvalue weighted by Gasteiger charge is -2.09. The Kier molecular flexibility index (Phi) is 5.99. The van der Waals surface area contributed by atoms with Gasteiger partial charge >= 0.3 is 0 Å². The number of hydrogen-bond donors (Lipinski definition) is 2. The Morgan fingerprint density at radius 2 is 1.70 bits per heavy atom. The first-order valence-electron chi connectivity index (χ1n) is 8.62.